The third-order valence-electron chi connectivity index (χ3n) is 5.17. The number of alkyl halides is 3. The van der Waals surface area contributed by atoms with E-state index in [0.29, 0.717) is 22.8 Å². The van der Waals surface area contributed by atoms with Crippen LogP contribution in [0, 0.1) is 0 Å². The summed E-state index contributed by atoms with van der Waals surface area (Å²) in [6.45, 7) is 1.98. The fraction of sp³-hybridized carbons (Fsp3) is 0.261. The van der Waals surface area contributed by atoms with Crippen LogP contribution in [0.5, 0.6) is 0 Å². The highest BCUT2D eigenvalue weighted by molar-refractivity contribution is 6.14. The zero-order chi connectivity index (χ0) is 24.2. The number of carbonyl (C=O) groups is 2. The lowest BCUT2D eigenvalue weighted by Gasteiger charge is -2.35. The Hall–Kier alpha value is -3.66. The number of amides is 2. The summed E-state index contributed by atoms with van der Waals surface area (Å²) < 4.78 is 39.0. The Morgan fingerprint density at radius 1 is 1.18 bits per heavy atom. The van der Waals surface area contributed by atoms with Crippen molar-refractivity contribution in [3.8, 4) is 0 Å². The lowest BCUT2D eigenvalue weighted by atomic mass is 9.95. The van der Waals surface area contributed by atoms with Gasteiger partial charge in [0.2, 0.25) is 0 Å². The molecule has 1 atom stereocenters. The van der Waals surface area contributed by atoms with Crippen LogP contribution in [0.25, 0.3) is 0 Å². The highest BCUT2D eigenvalue weighted by atomic mass is 19.4. The van der Waals surface area contributed by atoms with Gasteiger partial charge in [-0.05, 0) is 37.3 Å². The SMILES string of the molecule is CCN1C(=O)C(NC(=O)c2cccc(C(F)(F)F)c2)C/C(=C(/N)CN)C1=Nc1ccccc1. The summed E-state index contributed by atoms with van der Waals surface area (Å²) in [7, 11) is 0. The van der Waals surface area contributed by atoms with Crippen LogP contribution in [-0.2, 0) is 11.0 Å². The molecule has 3 rings (SSSR count). The zero-order valence-corrected chi connectivity index (χ0v) is 17.9. The number of benzene rings is 2. The summed E-state index contributed by atoms with van der Waals surface area (Å²) in [5, 5.41) is 2.54. The predicted molar refractivity (Wildman–Crippen MR) is 119 cm³/mol. The van der Waals surface area contributed by atoms with Crippen molar-refractivity contribution in [2.24, 2.45) is 16.5 Å². The number of aliphatic imine (C=N–C) groups is 1. The molecule has 1 saturated heterocycles. The van der Waals surface area contributed by atoms with Gasteiger partial charge >= 0.3 is 6.18 Å². The summed E-state index contributed by atoms with van der Waals surface area (Å²) in [6.07, 6.45) is -4.58. The van der Waals surface area contributed by atoms with Crippen molar-refractivity contribution in [2.45, 2.75) is 25.6 Å². The highest BCUT2D eigenvalue weighted by Crippen LogP contribution is 2.30. The average Bonchev–Trinajstić information content (AvgIpc) is 2.80. The number of likely N-dealkylation sites (N-methyl/N-ethyl adjacent to an activating group) is 1. The summed E-state index contributed by atoms with van der Waals surface area (Å²) in [5.41, 5.74) is 12.1. The molecule has 2 amide bonds. The first-order chi connectivity index (χ1) is 15.7. The standard InChI is InChI=1S/C23H24F3N5O2/c1-2-31-20(29-16-9-4-3-5-10-16)17(18(28)13-27)12-19(22(31)33)30-21(32)14-7-6-8-15(11-14)23(24,25)26/h3-11,19H,2,12-13,27-28H2,1H3,(H,30,32)/b18-17-,29-20?. The number of halogens is 3. The fourth-order valence-electron chi connectivity index (χ4n) is 3.49. The molecule has 33 heavy (non-hydrogen) atoms. The summed E-state index contributed by atoms with van der Waals surface area (Å²) in [5.74, 6) is -0.910. The molecule has 0 radical (unpaired) electrons. The van der Waals surface area contributed by atoms with E-state index < -0.39 is 29.6 Å². The van der Waals surface area contributed by atoms with Gasteiger partial charge in [0.25, 0.3) is 11.8 Å². The lowest BCUT2D eigenvalue weighted by Crippen LogP contribution is -2.55. The van der Waals surface area contributed by atoms with Crippen molar-refractivity contribution in [3.63, 3.8) is 0 Å². The van der Waals surface area contributed by atoms with E-state index in [1.165, 1.54) is 11.0 Å². The van der Waals surface area contributed by atoms with E-state index in [0.717, 1.165) is 18.2 Å². The van der Waals surface area contributed by atoms with Gasteiger partial charge in [0.15, 0.2) is 0 Å². The van der Waals surface area contributed by atoms with E-state index in [-0.39, 0.29) is 25.1 Å². The highest BCUT2D eigenvalue weighted by Gasteiger charge is 2.38. The van der Waals surface area contributed by atoms with Crippen LogP contribution in [0.2, 0.25) is 0 Å². The number of nitrogens with two attached hydrogens (primary N) is 2. The molecule has 0 aliphatic carbocycles. The molecule has 174 valence electrons. The van der Waals surface area contributed by atoms with Crippen LogP contribution < -0.4 is 16.8 Å². The van der Waals surface area contributed by atoms with Gasteiger partial charge in [0.05, 0.1) is 11.3 Å². The minimum atomic E-state index is -4.59. The zero-order valence-electron chi connectivity index (χ0n) is 17.9. The van der Waals surface area contributed by atoms with Crippen LogP contribution in [0.1, 0.15) is 29.3 Å². The second kappa shape index (κ2) is 9.86. The second-order valence-electron chi connectivity index (χ2n) is 7.37. The Labute approximate surface area is 189 Å². The number of amidine groups is 1. The fourth-order valence-corrected chi connectivity index (χ4v) is 3.49. The van der Waals surface area contributed by atoms with Crippen LogP contribution in [-0.4, -0.2) is 41.7 Å². The van der Waals surface area contributed by atoms with E-state index in [4.69, 9.17) is 11.5 Å². The summed E-state index contributed by atoms with van der Waals surface area (Å²) >= 11 is 0. The second-order valence-corrected chi connectivity index (χ2v) is 7.37. The number of likely N-dealkylation sites (tertiary alicyclic amines) is 1. The molecule has 1 heterocycles. The molecule has 0 bridgehead atoms. The molecule has 5 N–H and O–H groups in total. The first kappa shape index (κ1) is 24.0. The Morgan fingerprint density at radius 3 is 2.48 bits per heavy atom. The number of rotatable bonds is 5. The first-order valence-corrected chi connectivity index (χ1v) is 10.3. The smallest absolute Gasteiger partial charge is 0.401 e. The molecule has 2 aromatic carbocycles. The number of piperidine rings is 1. The maximum absolute atomic E-state index is 13.2. The van der Waals surface area contributed by atoms with E-state index in [1.807, 2.05) is 6.07 Å². The van der Waals surface area contributed by atoms with Gasteiger partial charge in [-0.2, -0.15) is 13.2 Å². The van der Waals surface area contributed by atoms with E-state index >= 15 is 0 Å². The van der Waals surface area contributed by atoms with Crippen LogP contribution in [0.3, 0.4) is 0 Å². The van der Waals surface area contributed by atoms with Crippen LogP contribution in [0.4, 0.5) is 18.9 Å². The average molecular weight is 459 g/mol. The Morgan fingerprint density at radius 2 is 1.88 bits per heavy atom. The van der Waals surface area contributed by atoms with Gasteiger partial charge in [-0.15, -0.1) is 0 Å². The third-order valence-corrected chi connectivity index (χ3v) is 5.17. The molecular weight excluding hydrogens is 435 g/mol. The van der Waals surface area contributed by atoms with Crippen molar-refractivity contribution in [2.75, 3.05) is 13.1 Å². The molecule has 1 aliphatic heterocycles. The van der Waals surface area contributed by atoms with Gasteiger partial charge in [-0.3, -0.25) is 14.5 Å². The summed E-state index contributed by atoms with van der Waals surface area (Å²) in [4.78, 5) is 31.8. The van der Waals surface area contributed by atoms with E-state index in [2.05, 4.69) is 10.3 Å². The Kier molecular flexibility index (Phi) is 7.17. The van der Waals surface area contributed by atoms with E-state index in [1.54, 1.807) is 31.2 Å². The van der Waals surface area contributed by atoms with Crippen molar-refractivity contribution in [1.82, 2.24) is 10.2 Å². The molecule has 7 nitrogen and oxygen atoms in total. The molecule has 10 heteroatoms. The van der Waals surface area contributed by atoms with Gasteiger partial charge < -0.3 is 16.8 Å². The van der Waals surface area contributed by atoms with E-state index in [9.17, 15) is 22.8 Å². The van der Waals surface area contributed by atoms with Crippen LogP contribution >= 0.6 is 0 Å². The maximum Gasteiger partial charge on any atom is 0.416 e. The number of carbonyl (C=O) groups excluding carboxylic acids is 2. The molecule has 0 aromatic heterocycles. The maximum atomic E-state index is 13.2. The van der Waals surface area contributed by atoms with Gasteiger partial charge in [0.1, 0.15) is 11.9 Å². The molecule has 1 unspecified atom stereocenters. The quantitative estimate of drug-likeness (QED) is 0.638. The van der Waals surface area contributed by atoms with Gasteiger partial charge in [0, 0.05) is 36.3 Å². The monoisotopic (exact) mass is 459 g/mol. The topological polar surface area (TPSA) is 114 Å². The van der Waals surface area contributed by atoms with Crippen molar-refractivity contribution >= 4 is 23.3 Å². The van der Waals surface area contributed by atoms with Crippen LogP contribution in [0.15, 0.2) is 70.9 Å². The molecule has 0 saturated carbocycles. The molecule has 0 spiro atoms. The molecular formula is C23H24F3N5O2. The van der Waals surface area contributed by atoms with Gasteiger partial charge in [-0.1, -0.05) is 24.3 Å². The number of hydrogen-bond donors (Lipinski definition) is 3. The first-order valence-electron chi connectivity index (χ1n) is 10.3. The number of hydrogen-bond acceptors (Lipinski definition) is 5. The van der Waals surface area contributed by atoms with Gasteiger partial charge in [-0.25, -0.2) is 4.99 Å². The van der Waals surface area contributed by atoms with Crippen molar-refractivity contribution in [3.05, 3.63) is 77.0 Å². The third kappa shape index (κ3) is 5.40. The summed E-state index contributed by atoms with van der Waals surface area (Å²) in [6, 6.07) is 11.9. The van der Waals surface area contributed by atoms with Crippen molar-refractivity contribution < 1.29 is 22.8 Å². The minimum Gasteiger partial charge on any atom is -0.401 e. The predicted octanol–water partition coefficient (Wildman–Crippen LogP) is 2.96. The largest absolute Gasteiger partial charge is 0.416 e. The molecule has 1 aliphatic rings. The number of para-hydroxylation sites is 1. The Bertz CT molecular complexity index is 1100. The molecule has 1 fully saturated rings. The number of nitrogens with one attached hydrogen (secondary N) is 1. The Balaban J connectivity index is 1.94. The minimum absolute atomic E-state index is 0.00316. The van der Waals surface area contributed by atoms with Crippen molar-refractivity contribution in [1.29, 1.82) is 0 Å². The molecule has 2 aromatic rings. The normalized spacial score (nSPS) is 19.5. The lowest BCUT2D eigenvalue weighted by molar-refractivity contribution is -0.137. The number of nitrogens with zero attached hydrogens (tertiary/aromatic N) is 2.